The van der Waals surface area contributed by atoms with Crippen LogP contribution >= 0.6 is 9.47 Å². The van der Waals surface area contributed by atoms with E-state index in [0.29, 0.717) is 0 Å². The number of hydrogen-bond donors (Lipinski definition) is 0. The van der Waals surface area contributed by atoms with Gasteiger partial charge in [0, 0.05) is 9.47 Å². The molecule has 15 heavy (non-hydrogen) atoms. The Balaban J connectivity index is 4.73. The summed E-state index contributed by atoms with van der Waals surface area (Å²) in [6.45, 7) is 0. The molecule has 0 N–H and O–H groups in total. The van der Waals surface area contributed by atoms with Crippen molar-refractivity contribution in [3.05, 3.63) is 0 Å². The molecule has 0 aliphatic carbocycles. The second-order valence-electron chi connectivity index (χ2n) is 2.54. The molecule has 1 nitrogen and oxygen atoms in total. The van der Waals surface area contributed by atoms with Crippen molar-refractivity contribution < 1.29 is 39.6 Å². The topological polar surface area (TPSA) is 9.23 Å². The fraction of sp³-hybridized carbons (Fsp3) is 1.00. The van der Waals surface area contributed by atoms with Gasteiger partial charge < -0.3 is 0 Å². The highest BCUT2D eigenvalue weighted by Gasteiger charge is 2.64. The molecule has 0 amide bonds. The Morgan fingerprint density at radius 3 is 1.67 bits per heavy atom. The average Bonchev–Trinajstić information content (AvgIpc) is 2.00. The van der Waals surface area contributed by atoms with Gasteiger partial charge in [-0.1, -0.05) is 0 Å². The maximum atomic E-state index is 12.4. The molecule has 0 saturated heterocycles. The van der Waals surface area contributed by atoms with Crippen LogP contribution in [0.4, 0.5) is 35.1 Å². The minimum absolute atomic E-state index is 0.730. The Kier molecular flexibility index (Phi) is 4.32. The highest BCUT2D eigenvalue weighted by Crippen LogP contribution is 2.43. The lowest BCUT2D eigenvalue weighted by Crippen LogP contribution is -2.49. The van der Waals surface area contributed by atoms with E-state index in [2.05, 4.69) is 4.52 Å². The van der Waals surface area contributed by atoms with Crippen LogP contribution in [0, 0.1) is 0 Å². The van der Waals surface area contributed by atoms with Crippen LogP contribution in [0.2, 0.25) is 0 Å². The number of hydrogen-bond acceptors (Lipinski definition) is 1. The largest absolute Gasteiger partial charge is 0.424 e. The summed E-state index contributed by atoms with van der Waals surface area (Å²) >= 11 is 0. The van der Waals surface area contributed by atoms with Gasteiger partial charge in [0.25, 0.3) is 0 Å². The van der Waals surface area contributed by atoms with E-state index in [0.717, 1.165) is 9.47 Å². The van der Waals surface area contributed by atoms with Crippen molar-refractivity contribution in [3.8, 4) is 0 Å². The van der Waals surface area contributed by atoms with Crippen LogP contribution in [0.15, 0.2) is 0 Å². The van der Waals surface area contributed by atoms with Crippen LogP contribution in [0.25, 0.3) is 0 Å². The molecule has 0 aromatic heterocycles. The van der Waals surface area contributed by atoms with E-state index in [1.165, 1.54) is 0 Å². The summed E-state index contributed by atoms with van der Waals surface area (Å²) in [6, 6.07) is 0. The minimum Gasteiger partial charge on any atom is -0.299 e. The molecule has 0 fully saturated rings. The zero-order valence-electron chi connectivity index (χ0n) is 6.79. The van der Waals surface area contributed by atoms with Crippen molar-refractivity contribution in [2.45, 2.75) is 30.8 Å². The molecule has 0 saturated carbocycles. The number of halogens is 8. The molecule has 0 radical (unpaired) electrons. The van der Waals surface area contributed by atoms with E-state index in [1.807, 2.05) is 0 Å². The zero-order chi connectivity index (χ0) is 12.5. The summed E-state index contributed by atoms with van der Waals surface area (Å²) in [7, 11) is 0.730. The molecule has 0 bridgehead atoms. The minimum atomic E-state index is -5.55. The first-order chi connectivity index (χ1) is 6.44. The van der Waals surface area contributed by atoms with E-state index in [9.17, 15) is 35.1 Å². The lowest BCUT2D eigenvalue weighted by molar-refractivity contribution is -0.330. The number of rotatable bonds is 4. The van der Waals surface area contributed by atoms with Gasteiger partial charge in [-0.2, -0.15) is 30.7 Å². The highest BCUT2D eigenvalue weighted by atomic mass is 31.0. The molecule has 0 rings (SSSR count). The first-order valence-electron chi connectivity index (χ1n) is 3.28. The van der Waals surface area contributed by atoms with Crippen LogP contribution in [-0.4, -0.2) is 24.4 Å². The second kappa shape index (κ2) is 4.37. The summed E-state index contributed by atoms with van der Waals surface area (Å²) < 4.78 is 98.6. The van der Waals surface area contributed by atoms with Crippen LogP contribution in [-0.2, 0) is 4.52 Å². The fourth-order valence-electron chi connectivity index (χ4n) is 0.592. The van der Waals surface area contributed by atoms with Crippen molar-refractivity contribution in [2.75, 3.05) is 0 Å². The summed E-state index contributed by atoms with van der Waals surface area (Å²) in [4.78, 5) is 0. The Bertz CT molecular complexity index is 214. The third kappa shape index (κ3) is 3.71. The first kappa shape index (κ1) is 14.8. The molecule has 0 heterocycles. The van der Waals surface area contributed by atoms with E-state index in [-0.39, 0.29) is 0 Å². The van der Waals surface area contributed by atoms with Gasteiger partial charge in [-0.25, -0.2) is 4.39 Å². The van der Waals surface area contributed by atoms with Gasteiger partial charge >= 0.3 is 18.2 Å². The van der Waals surface area contributed by atoms with Gasteiger partial charge in [0.15, 0.2) is 6.17 Å². The molecule has 0 aliphatic heterocycles. The second-order valence-corrected chi connectivity index (χ2v) is 2.78. The van der Waals surface area contributed by atoms with E-state index in [1.54, 1.807) is 0 Å². The van der Waals surface area contributed by atoms with Crippen molar-refractivity contribution >= 4 is 9.47 Å². The average molecular weight is 264 g/mol. The Morgan fingerprint density at radius 1 is 1.00 bits per heavy atom. The van der Waals surface area contributed by atoms with Gasteiger partial charge in [0.2, 0.25) is 0 Å². The molecular formula is C5H5F8OP. The van der Waals surface area contributed by atoms with E-state index >= 15 is 0 Å². The fourth-order valence-corrected chi connectivity index (χ4v) is 0.749. The van der Waals surface area contributed by atoms with Crippen LogP contribution in [0.5, 0.6) is 0 Å². The molecule has 10 heteroatoms. The van der Waals surface area contributed by atoms with Gasteiger partial charge in [0.05, 0.1) is 6.42 Å². The monoisotopic (exact) mass is 264 g/mol. The summed E-state index contributed by atoms with van der Waals surface area (Å²) in [5.74, 6) is -5.55. The maximum absolute atomic E-state index is 12.4. The smallest absolute Gasteiger partial charge is 0.299 e. The lowest BCUT2D eigenvalue weighted by Gasteiger charge is -2.27. The Labute approximate surface area is 81.1 Å². The maximum Gasteiger partial charge on any atom is 0.424 e. The Morgan fingerprint density at radius 2 is 1.40 bits per heavy atom. The normalized spacial score (nSPS) is 16.6. The molecule has 0 aromatic carbocycles. The summed E-state index contributed by atoms with van der Waals surface area (Å²) in [5.41, 5.74) is 0. The quantitative estimate of drug-likeness (QED) is 0.559. The van der Waals surface area contributed by atoms with E-state index in [4.69, 9.17) is 0 Å². The van der Waals surface area contributed by atoms with Crippen LogP contribution in [0.3, 0.4) is 0 Å². The predicted molar refractivity (Wildman–Crippen MR) is 36.3 cm³/mol. The Hall–Kier alpha value is -0.170. The van der Waals surface area contributed by atoms with Crippen LogP contribution < -0.4 is 0 Å². The number of alkyl halides is 8. The predicted octanol–water partition coefficient (Wildman–Crippen LogP) is 3.31. The van der Waals surface area contributed by atoms with Gasteiger partial charge in [-0.15, -0.1) is 0 Å². The van der Waals surface area contributed by atoms with Gasteiger partial charge in [-0.05, 0) is 0 Å². The van der Waals surface area contributed by atoms with Crippen molar-refractivity contribution in [1.82, 2.24) is 0 Å². The summed E-state index contributed by atoms with van der Waals surface area (Å²) in [6.07, 6.45) is -17.4. The first-order valence-corrected chi connectivity index (χ1v) is 3.75. The third-order valence-corrected chi connectivity index (χ3v) is 1.64. The van der Waals surface area contributed by atoms with Crippen molar-refractivity contribution in [3.63, 3.8) is 0 Å². The van der Waals surface area contributed by atoms with Crippen LogP contribution in [0.1, 0.15) is 6.42 Å². The summed E-state index contributed by atoms with van der Waals surface area (Å²) in [5, 5.41) is 0. The molecule has 0 aliphatic rings. The lowest BCUT2D eigenvalue weighted by atomic mass is 10.1. The standard InChI is InChI=1S/C5H5F8OP/c6-2(1-3(7,8)9)4(10,11)5(12,13)14-15/h2H,1,15H2. The molecule has 0 aromatic rings. The van der Waals surface area contributed by atoms with Crippen molar-refractivity contribution in [1.29, 1.82) is 0 Å². The third-order valence-electron chi connectivity index (χ3n) is 1.34. The SMILES string of the molecule is FC(CC(F)(F)F)C(F)(F)C(F)(F)OP. The zero-order valence-corrected chi connectivity index (χ0v) is 7.95. The molecule has 92 valence electrons. The molecule has 0 spiro atoms. The van der Waals surface area contributed by atoms with Gasteiger partial charge in [0.1, 0.15) is 0 Å². The molecule has 2 atom stereocenters. The highest BCUT2D eigenvalue weighted by molar-refractivity contribution is 7.09. The van der Waals surface area contributed by atoms with Crippen molar-refractivity contribution in [2.24, 2.45) is 0 Å². The van der Waals surface area contributed by atoms with E-state index < -0.39 is 30.8 Å². The molecular weight excluding hydrogens is 259 g/mol. The van der Waals surface area contributed by atoms with Gasteiger partial charge in [-0.3, -0.25) is 4.52 Å². The molecule has 2 unspecified atom stereocenters.